The number of rotatable bonds is 5. The lowest BCUT2D eigenvalue weighted by Crippen LogP contribution is -2.47. The van der Waals surface area contributed by atoms with Crippen molar-refractivity contribution in [2.75, 3.05) is 31.1 Å². The maximum atomic E-state index is 12.6. The third kappa shape index (κ3) is 3.42. The summed E-state index contributed by atoms with van der Waals surface area (Å²) in [6.07, 6.45) is 1.93. The number of hydrogen-bond donors (Lipinski definition) is 0. The zero-order chi connectivity index (χ0) is 17.3. The molecule has 2 aliphatic heterocycles. The summed E-state index contributed by atoms with van der Waals surface area (Å²) < 4.78 is 5.69. The molecule has 24 heavy (non-hydrogen) atoms. The van der Waals surface area contributed by atoms with Gasteiger partial charge in [-0.15, -0.1) is 11.6 Å². The Balaban J connectivity index is 1.86. The van der Waals surface area contributed by atoms with Gasteiger partial charge in [0, 0.05) is 18.7 Å². The Hall–Kier alpha value is -1.59. The van der Waals surface area contributed by atoms with Crippen LogP contribution in [0.15, 0.2) is 18.2 Å². The predicted molar refractivity (Wildman–Crippen MR) is 94.2 cm³/mol. The molecule has 6 heteroatoms. The first-order valence-electron chi connectivity index (χ1n) is 8.50. The minimum atomic E-state index is -0.597. The lowest BCUT2D eigenvalue weighted by molar-refractivity contribution is -0.125. The van der Waals surface area contributed by atoms with E-state index >= 15 is 0 Å². The number of amides is 1. The molecular formula is C18H23ClN2O3. The average molecular weight is 351 g/mol. The zero-order valence-corrected chi connectivity index (χ0v) is 14.9. The van der Waals surface area contributed by atoms with Gasteiger partial charge in [-0.2, -0.15) is 0 Å². The second-order valence-corrected chi connectivity index (χ2v) is 7.12. The highest BCUT2D eigenvalue weighted by Gasteiger charge is 2.32. The fourth-order valence-electron chi connectivity index (χ4n) is 3.27. The quantitative estimate of drug-likeness (QED) is 0.605. The summed E-state index contributed by atoms with van der Waals surface area (Å²) in [6.45, 7) is 7.02. The number of carbonyl (C=O) groups is 2. The van der Waals surface area contributed by atoms with Gasteiger partial charge in [0.05, 0.1) is 11.1 Å². The van der Waals surface area contributed by atoms with E-state index in [9.17, 15) is 9.59 Å². The van der Waals surface area contributed by atoms with Gasteiger partial charge in [0.2, 0.25) is 0 Å². The highest BCUT2D eigenvalue weighted by molar-refractivity contribution is 6.33. The van der Waals surface area contributed by atoms with E-state index in [1.807, 2.05) is 0 Å². The maximum Gasteiger partial charge on any atom is 0.267 e. The highest BCUT2D eigenvalue weighted by atomic mass is 35.5. The van der Waals surface area contributed by atoms with Crippen molar-refractivity contribution >= 4 is 29.0 Å². The summed E-state index contributed by atoms with van der Waals surface area (Å²) in [5.74, 6) is 0.428. The molecule has 1 amide bonds. The topological polar surface area (TPSA) is 49.9 Å². The Kier molecular flexibility index (Phi) is 5.11. The largest absolute Gasteiger partial charge is 0.479 e. The average Bonchev–Trinajstić information content (AvgIpc) is 3.07. The Labute approximate surface area is 147 Å². The molecule has 130 valence electrons. The van der Waals surface area contributed by atoms with Crippen LogP contribution < -0.4 is 9.64 Å². The molecule has 1 aromatic rings. The van der Waals surface area contributed by atoms with Gasteiger partial charge in [0.15, 0.2) is 11.9 Å². The summed E-state index contributed by atoms with van der Waals surface area (Å²) in [4.78, 5) is 28.9. The normalized spacial score (nSPS) is 22.2. The molecule has 1 fully saturated rings. The van der Waals surface area contributed by atoms with Gasteiger partial charge in [-0.25, -0.2) is 0 Å². The van der Waals surface area contributed by atoms with Gasteiger partial charge in [-0.05, 0) is 58.0 Å². The van der Waals surface area contributed by atoms with Crippen molar-refractivity contribution in [2.45, 2.75) is 38.2 Å². The second kappa shape index (κ2) is 7.11. The molecule has 0 spiro atoms. The van der Waals surface area contributed by atoms with E-state index in [2.05, 4.69) is 4.90 Å². The number of benzene rings is 1. The number of likely N-dealkylation sites (tertiary alicyclic amines) is 1. The van der Waals surface area contributed by atoms with E-state index in [1.54, 1.807) is 36.9 Å². The molecule has 3 rings (SSSR count). The summed E-state index contributed by atoms with van der Waals surface area (Å²) in [6, 6.07) is 5.19. The van der Waals surface area contributed by atoms with E-state index in [0.717, 1.165) is 19.6 Å². The molecule has 0 radical (unpaired) electrons. The zero-order valence-electron chi connectivity index (χ0n) is 14.1. The van der Waals surface area contributed by atoms with Crippen molar-refractivity contribution in [3.8, 4) is 5.75 Å². The van der Waals surface area contributed by atoms with Crippen LogP contribution in [0.5, 0.6) is 5.75 Å². The molecule has 5 nitrogen and oxygen atoms in total. The lowest BCUT2D eigenvalue weighted by atomic mass is 10.1. The van der Waals surface area contributed by atoms with Crippen LogP contribution in [0.2, 0.25) is 0 Å². The molecule has 2 heterocycles. The summed E-state index contributed by atoms with van der Waals surface area (Å²) in [7, 11) is 0. The molecule has 1 aromatic carbocycles. The van der Waals surface area contributed by atoms with Crippen LogP contribution in [0.25, 0.3) is 0 Å². The third-order valence-electron chi connectivity index (χ3n) is 4.65. The Morgan fingerprint density at radius 1 is 1.33 bits per heavy atom. The van der Waals surface area contributed by atoms with E-state index < -0.39 is 11.5 Å². The summed E-state index contributed by atoms with van der Waals surface area (Å²) in [5.41, 5.74) is 1.17. The summed E-state index contributed by atoms with van der Waals surface area (Å²) in [5, 5.41) is -0.597. The van der Waals surface area contributed by atoms with Crippen molar-refractivity contribution in [1.82, 2.24) is 4.90 Å². The lowest BCUT2D eigenvalue weighted by Gasteiger charge is -2.34. The molecule has 0 aromatic heterocycles. The van der Waals surface area contributed by atoms with Crippen LogP contribution in [0.3, 0.4) is 0 Å². The van der Waals surface area contributed by atoms with Crippen molar-refractivity contribution in [3.63, 3.8) is 0 Å². The van der Waals surface area contributed by atoms with Gasteiger partial charge >= 0.3 is 0 Å². The Morgan fingerprint density at radius 3 is 2.71 bits per heavy atom. The van der Waals surface area contributed by atoms with E-state index in [-0.39, 0.29) is 11.7 Å². The van der Waals surface area contributed by atoms with Crippen LogP contribution in [-0.4, -0.2) is 54.3 Å². The fraction of sp³-hybridized carbons (Fsp3) is 0.556. The summed E-state index contributed by atoms with van der Waals surface area (Å²) >= 11 is 5.91. The van der Waals surface area contributed by atoms with E-state index in [4.69, 9.17) is 16.3 Å². The predicted octanol–water partition coefficient (Wildman–Crippen LogP) is 2.71. The van der Waals surface area contributed by atoms with Crippen molar-refractivity contribution in [2.24, 2.45) is 0 Å². The molecule has 0 aliphatic carbocycles. The number of alkyl halides is 1. The van der Waals surface area contributed by atoms with Crippen molar-refractivity contribution in [3.05, 3.63) is 23.8 Å². The number of carbonyl (C=O) groups excluding carboxylic acids is 2. The molecule has 1 saturated heterocycles. The van der Waals surface area contributed by atoms with E-state index in [0.29, 0.717) is 23.5 Å². The number of nitrogens with zero attached hydrogens (tertiary/aromatic N) is 2. The van der Waals surface area contributed by atoms with Crippen LogP contribution >= 0.6 is 11.6 Å². The Morgan fingerprint density at radius 2 is 2.04 bits per heavy atom. The molecular weight excluding hydrogens is 328 g/mol. The molecule has 0 bridgehead atoms. The number of ketones is 1. The standard InChI is InChI=1S/C18H23ClN2O3/c1-12(19)17(22)14-5-6-16-15(11-14)21(18(23)13(2)24-16)10-9-20-7-3-4-8-20/h5-6,11-13H,3-4,7-10H2,1-2H3. The third-order valence-corrected chi connectivity index (χ3v) is 4.85. The maximum absolute atomic E-state index is 12.6. The van der Waals surface area contributed by atoms with Gasteiger partial charge < -0.3 is 14.5 Å². The first kappa shape index (κ1) is 17.2. The smallest absolute Gasteiger partial charge is 0.267 e. The molecule has 2 aliphatic rings. The monoisotopic (exact) mass is 350 g/mol. The minimum absolute atomic E-state index is 0.0646. The number of anilines is 1. The first-order chi connectivity index (χ1) is 11.5. The van der Waals surface area contributed by atoms with Crippen LogP contribution in [-0.2, 0) is 4.79 Å². The van der Waals surface area contributed by atoms with Crippen LogP contribution in [0.4, 0.5) is 5.69 Å². The van der Waals surface area contributed by atoms with Gasteiger partial charge in [-0.1, -0.05) is 0 Å². The fourth-order valence-corrected chi connectivity index (χ4v) is 3.39. The number of halogens is 1. The van der Waals surface area contributed by atoms with E-state index in [1.165, 1.54) is 12.8 Å². The van der Waals surface area contributed by atoms with Gasteiger partial charge in [0.25, 0.3) is 5.91 Å². The molecule has 0 N–H and O–H groups in total. The van der Waals surface area contributed by atoms with Crippen molar-refractivity contribution < 1.29 is 14.3 Å². The molecule has 2 atom stereocenters. The first-order valence-corrected chi connectivity index (χ1v) is 8.93. The highest BCUT2D eigenvalue weighted by Crippen LogP contribution is 2.35. The SMILES string of the molecule is CC(Cl)C(=O)c1ccc2c(c1)N(CCN1CCCC1)C(=O)C(C)O2. The van der Waals surface area contributed by atoms with Gasteiger partial charge in [-0.3, -0.25) is 9.59 Å². The molecule has 0 saturated carbocycles. The number of hydrogen-bond acceptors (Lipinski definition) is 4. The number of ether oxygens (including phenoxy) is 1. The Bertz CT molecular complexity index is 641. The second-order valence-electron chi connectivity index (χ2n) is 6.46. The van der Waals surface area contributed by atoms with Crippen LogP contribution in [0, 0.1) is 0 Å². The van der Waals surface area contributed by atoms with Gasteiger partial charge in [0.1, 0.15) is 5.75 Å². The number of Topliss-reactive ketones (excluding diaryl/α,β-unsaturated/α-hetero) is 1. The minimum Gasteiger partial charge on any atom is -0.479 e. The molecule has 2 unspecified atom stereocenters. The number of fused-ring (bicyclic) bond motifs is 1. The van der Waals surface area contributed by atoms with Crippen LogP contribution in [0.1, 0.15) is 37.0 Å². The van der Waals surface area contributed by atoms with Crippen molar-refractivity contribution in [1.29, 1.82) is 0 Å².